The number of amides is 1. The number of aliphatic hydroxyl groups excluding tert-OH is 1. The SMILES string of the molecule is CC(C)(CO)CNC(=O)c1ccc(O)cc1O. The number of phenolic OH excluding ortho intramolecular Hbond substituents is 2. The van der Waals surface area contributed by atoms with Crippen molar-refractivity contribution < 1.29 is 20.1 Å². The predicted molar refractivity (Wildman–Crippen MR) is 63.0 cm³/mol. The summed E-state index contributed by atoms with van der Waals surface area (Å²) < 4.78 is 0. The van der Waals surface area contributed by atoms with Crippen LogP contribution in [-0.4, -0.2) is 34.4 Å². The van der Waals surface area contributed by atoms with Gasteiger partial charge in [-0.05, 0) is 12.1 Å². The molecule has 1 amide bonds. The first-order valence-corrected chi connectivity index (χ1v) is 5.27. The quantitative estimate of drug-likeness (QED) is 0.627. The maximum absolute atomic E-state index is 11.7. The molecule has 1 aromatic rings. The number of benzene rings is 1. The fourth-order valence-electron chi connectivity index (χ4n) is 1.18. The van der Waals surface area contributed by atoms with Crippen LogP contribution in [0.25, 0.3) is 0 Å². The number of aromatic hydroxyl groups is 2. The van der Waals surface area contributed by atoms with E-state index in [1.165, 1.54) is 12.1 Å². The highest BCUT2D eigenvalue weighted by atomic mass is 16.3. The Bertz CT molecular complexity index is 415. The van der Waals surface area contributed by atoms with Gasteiger partial charge in [-0.3, -0.25) is 4.79 Å². The third kappa shape index (κ3) is 3.64. The van der Waals surface area contributed by atoms with Gasteiger partial charge in [-0.15, -0.1) is 0 Å². The van der Waals surface area contributed by atoms with Crippen LogP contribution in [0, 0.1) is 5.41 Å². The molecule has 0 atom stereocenters. The van der Waals surface area contributed by atoms with Gasteiger partial charge in [-0.1, -0.05) is 13.8 Å². The number of hydrogen-bond acceptors (Lipinski definition) is 4. The first-order valence-electron chi connectivity index (χ1n) is 5.27. The Hall–Kier alpha value is -1.75. The first-order chi connectivity index (χ1) is 7.85. The standard InChI is InChI=1S/C12H17NO4/c1-12(2,7-14)6-13-11(17)9-4-3-8(15)5-10(9)16/h3-5,14-16H,6-7H2,1-2H3,(H,13,17). The van der Waals surface area contributed by atoms with E-state index < -0.39 is 11.3 Å². The van der Waals surface area contributed by atoms with Gasteiger partial charge in [0.1, 0.15) is 11.5 Å². The molecular weight excluding hydrogens is 222 g/mol. The number of aliphatic hydroxyl groups is 1. The van der Waals surface area contributed by atoms with Gasteiger partial charge in [0.05, 0.1) is 5.56 Å². The lowest BCUT2D eigenvalue weighted by Gasteiger charge is -2.21. The molecule has 0 heterocycles. The van der Waals surface area contributed by atoms with Crippen molar-refractivity contribution in [1.82, 2.24) is 5.32 Å². The van der Waals surface area contributed by atoms with Crippen molar-refractivity contribution in [2.45, 2.75) is 13.8 Å². The zero-order valence-electron chi connectivity index (χ0n) is 9.90. The van der Waals surface area contributed by atoms with E-state index in [0.717, 1.165) is 6.07 Å². The molecule has 4 N–H and O–H groups in total. The van der Waals surface area contributed by atoms with E-state index in [1.54, 1.807) is 0 Å². The number of carbonyl (C=O) groups excluding carboxylic acids is 1. The minimum absolute atomic E-state index is 0.0468. The molecule has 5 heteroatoms. The van der Waals surface area contributed by atoms with Gasteiger partial charge in [0, 0.05) is 24.6 Å². The van der Waals surface area contributed by atoms with Crippen LogP contribution in [0.1, 0.15) is 24.2 Å². The Morgan fingerprint density at radius 1 is 1.35 bits per heavy atom. The molecule has 17 heavy (non-hydrogen) atoms. The molecule has 0 aliphatic carbocycles. The smallest absolute Gasteiger partial charge is 0.255 e. The molecule has 0 fully saturated rings. The van der Waals surface area contributed by atoms with E-state index in [2.05, 4.69) is 5.32 Å². The van der Waals surface area contributed by atoms with Crippen molar-refractivity contribution >= 4 is 5.91 Å². The van der Waals surface area contributed by atoms with Gasteiger partial charge in [-0.2, -0.15) is 0 Å². The molecule has 0 spiro atoms. The monoisotopic (exact) mass is 239 g/mol. The second kappa shape index (κ2) is 5.05. The number of nitrogens with one attached hydrogen (secondary N) is 1. The van der Waals surface area contributed by atoms with Crippen molar-refractivity contribution in [3.05, 3.63) is 23.8 Å². The number of hydrogen-bond donors (Lipinski definition) is 4. The van der Waals surface area contributed by atoms with Crippen LogP contribution in [-0.2, 0) is 0 Å². The average Bonchev–Trinajstić information content (AvgIpc) is 2.26. The van der Waals surface area contributed by atoms with E-state index in [0.29, 0.717) is 6.54 Å². The van der Waals surface area contributed by atoms with Gasteiger partial charge in [-0.25, -0.2) is 0 Å². The van der Waals surface area contributed by atoms with Gasteiger partial charge in [0.2, 0.25) is 0 Å². The maximum atomic E-state index is 11.7. The van der Waals surface area contributed by atoms with Gasteiger partial charge in [0.15, 0.2) is 0 Å². The molecule has 1 rings (SSSR count). The normalized spacial score (nSPS) is 11.2. The van der Waals surface area contributed by atoms with Crippen LogP contribution < -0.4 is 5.32 Å². The summed E-state index contributed by atoms with van der Waals surface area (Å²) in [5.41, 5.74) is -0.320. The van der Waals surface area contributed by atoms with Gasteiger partial charge >= 0.3 is 0 Å². The summed E-state index contributed by atoms with van der Waals surface area (Å²) >= 11 is 0. The van der Waals surface area contributed by atoms with Crippen molar-refractivity contribution in [2.24, 2.45) is 5.41 Å². The zero-order valence-corrected chi connectivity index (χ0v) is 9.90. The molecule has 0 unspecified atom stereocenters. The molecule has 94 valence electrons. The van der Waals surface area contributed by atoms with Crippen LogP contribution in [0.5, 0.6) is 11.5 Å². The van der Waals surface area contributed by atoms with Crippen LogP contribution in [0.4, 0.5) is 0 Å². The van der Waals surface area contributed by atoms with Crippen molar-refractivity contribution in [2.75, 3.05) is 13.2 Å². The fraction of sp³-hybridized carbons (Fsp3) is 0.417. The minimum Gasteiger partial charge on any atom is -0.508 e. The summed E-state index contributed by atoms with van der Waals surface area (Å²) in [6.07, 6.45) is 0. The van der Waals surface area contributed by atoms with E-state index in [1.807, 2.05) is 13.8 Å². The third-order valence-electron chi connectivity index (χ3n) is 2.38. The second-order valence-electron chi connectivity index (χ2n) is 4.71. The van der Waals surface area contributed by atoms with E-state index >= 15 is 0 Å². The van der Waals surface area contributed by atoms with E-state index in [4.69, 9.17) is 10.2 Å². The molecule has 0 saturated carbocycles. The Labute approximate surface area is 99.7 Å². The van der Waals surface area contributed by atoms with Crippen LogP contribution in [0.15, 0.2) is 18.2 Å². The zero-order chi connectivity index (χ0) is 13.1. The number of phenols is 2. The van der Waals surface area contributed by atoms with Gasteiger partial charge in [0.25, 0.3) is 5.91 Å². The summed E-state index contributed by atoms with van der Waals surface area (Å²) in [6.45, 7) is 3.87. The molecule has 0 aromatic heterocycles. The molecule has 5 nitrogen and oxygen atoms in total. The highest BCUT2D eigenvalue weighted by Crippen LogP contribution is 2.22. The Balaban J connectivity index is 2.71. The van der Waals surface area contributed by atoms with Crippen molar-refractivity contribution in [3.8, 4) is 11.5 Å². The van der Waals surface area contributed by atoms with Crippen LogP contribution in [0.2, 0.25) is 0 Å². The maximum Gasteiger partial charge on any atom is 0.255 e. The number of carbonyl (C=O) groups is 1. The lowest BCUT2D eigenvalue weighted by atomic mass is 9.95. The molecule has 0 bridgehead atoms. The van der Waals surface area contributed by atoms with Gasteiger partial charge < -0.3 is 20.6 Å². The average molecular weight is 239 g/mol. The summed E-state index contributed by atoms with van der Waals surface area (Å²) in [6, 6.07) is 3.77. The summed E-state index contributed by atoms with van der Waals surface area (Å²) in [7, 11) is 0. The van der Waals surface area contributed by atoms with E-state index in [9.17, 15) is 9.90 Å². The second-order valence-corrected chi connectivity index (χ2v) is 4.71. The molecule has 1 aromatic carbocycles. The molecule has 0 aliphatic heterocycles. The highest BCUT2D eigenvalue weighted by Gasteiger charge is 2.19. The molecule has 0 saturated heterocycles. The summed E-state index contributed by atoms with van der Waals surface area (Å²) in [4.78, 5) is 11.7. The summed E-state index contributed by atoms with van der Waals surface area (Å²) in [5, 5.41) is 30.2. The van der Waals surface area contributed by atoms with Crippen LogP contribution >= 0.6 is 0 Å². The van der Waals surface area contributed by atoms with Crippen molar-refractivity contribution in [3.63, 3.8) is 0 Å². The number of rotatable bonds is 4. The molecular formula is C12H17NO4. The Morgan fingerprint density at radius 3 is 2.53 bits per heavy atom. The lowest BCUT2D eigenvalue weighted by Crippen LogP contribution is -2.36. The summed E-state index contributed by atoms with van der Waals surface area (Å²) in [5.74, 6) is -0.817. The Morgan fingerprint density at radius 2 is 2.00 bits per heavy atom. The fourth-order valence-corrected chi connectivity index (χ4v) is 1.18. The topological polar surface area (TPSA) is 89.8 Å². The largest absolute Gasteiger partial charge is 0.508 e. The minimum atomic E-state index is -0.441. The van der Waals surface area contributed by atoms with E-state index in [-0.39, 0.29) is 23.7 Å². The lowest BCUT2D eigenvalue weighted by molar-refractivity contribution is 0.0908. The highest BCUT2D eigenvalue weighted by molar-refractivity contribution is 5.97. The van der Waals surface area contributed by atoms with Crippen molar-refractivity contribution in [1.29, 1.82) is 0 Å². The Kier molecular flexibility index (Phi) is 3.96. The van der Waals surface area contributed by atoms with Crippen LogP contribution in [0.3, 0.4) is 0 Å². The molecule has 0 aliphatic rings. The third-order valence-corrected chi connectivity index (χ3v) is 2.38. The first kappa shape index (κ1) is 13.3. The molecule has 0 radical (unpaired) electrons. The predicted octanol–water partition coefficient (Wildman–Crippen LogP) is 0.846.